The highest BCUT2D eigenvalue weighted by Crippen LogP contribution is 2.34. The Morgan fingerprint density at radius 3 is 2.93 bits per heavy atom. The van der Waals surface area contributed by atoms with Crippen molar-refractivity contribution in [1.82, 2.24) is 0 Å². The maximum absolute atomic E-state index is 10.7. The molecule has 0 spiro atoms. The lowest BCUT2D eigenvalue weighted by atomic mass is 10.2. The molecule has 2 rings (SSSR count). The third kappa shape index (κ3) is 1.54. The van der Waals surface area contributed by atoms with Gasteiger partial charge in [-0.1, -0.05) is 12.1 Å². The number of benzene rings is 1. The molecular weight excluding hydrogens is 220 g/mol. The van der Waals surface area contributed by atoms with Crippen LogP contribution in [0.2, 0.25) is 0 Å². The van der Waals surface area contributed by atoms with Crippen LogP contribution < -0.4 is 4.74 Å². The van der Waals surface area contributed by atoms with Crippen LogP contribution in [0.4, 0.5) is 0 Å². The van der Waals surface area contributed by atoms with Crippen LogP contribution in [0.1, 0.15) is 0 Å². The van der Waals surface area contributed by atoms with Gasteiger partial charge in [-0.2, -0.15) is 0 Å². The van der Waals surface area contributed by atoms with Gasteiger partial charge in [-0.15, -0.1) is 11.3 Å². The maximum atomic E-state index is 10.7. The number of rotatable bonds is 2. The number of hydrogen-bond donors (Lipinski definition) is 0. The van der Waals surface area contributed by atoms with Crippen molar-refractivity contribution >= 4 is 32.5 Å². The molecule has 1 heterocycles. The second-order valence-electron chi connectivity index (χ2n) is 2.68. The van der Waals surface area contributed by atoms with Crippen LogP contribution >= 0.6 is 11.3 Å². The minimum absolute atomic E-state index is 0.338. The van der Waals surface area contributed by atoms with Gasteiger partial charge < -0.3 is 9.29 Å². The monoisotopic (exact) mass is 227 g/mol. The zero-order valence-corrected chi connectivity index (χ0v) is 8.98. The average Bonchev–Trinajstić information content (AvgIpc) is 2.60. The van der Waals surface area contributed by atoms with E-state index in [2.05, 4.69) is 0 Å². The van der Waals surface area contributed by atoms with Crippen molar-refractivity contribution in [2.24, 2.45) is 0 Å². The van der Waals surface area contributed by atoms with Gasteiger partial charge in [0.25, 0.3) is 0 Å². The fraction of sp³-hybridized carbons (Fsp3) is 0.111. The molecule has 0 saturated heterocycles. The molecule has 1 aromatic heterocycles. The van der Waals surface area contributed by atoms with E-state index in [1.165, 1.54) is 11.3 Å². The summed E-state index contributed by atoms with van der Waals surface area (Å²) in [5, 5.41) is 0.897. The van der Waals surface area contributed by atoms with E-state index in [4.69, 9.17) is 4.74 Å². The fourth-order valence-corrected chi connectivity index (χ4v) is 2.88. The van der Waals surface area contributed by atoms with E-state index < -0.39 is 11.1 Å². The van der Waals surface area contributed by atoms with Gasteiger partial charge >= 0.3 is 0 Å². The molecule has 0 bridgehead atoms. The Hall–Kier alpha value is -0.910. The summed E-state index contributed by atoms with van der Waals surface area (Å²) in [6.07, 6.45) is 0. The summed E-state index contributed by atoms with van der Waals surface area (Å²) in [5.74, 6) is 0.712. The molecule has 0 aliphatic carbocycles. The minimum atomic E-state index is -2.16. The largest absolute Gasteiger partial charge is 0.768 e. The summed E-state index contributed by atoms with van der Waals surface area (Å²) in [7, 11) is 1.57. The second kappa shape index (κ2) is 3.68. The zero-order chi connectivity index (χ0) is 10.1. The number of hydrogen-bond acceptors (Lipinski definition) is 4. The Balaban J connectivity index is 2.70. The third-order valence-electron chi connectivity index (χ3n) is 1.87. The predicted molar refractivity (Wildman–Crippen MR) is 55.6 cm³/mol. The molecular formula is C9H7O3S2-. The maximum Gasteiger partial charge on any atom is 0.136 e. The lowest BCUT2D eigenvalue weighted by Crippen LogP contribution is -1.80. The highest BCUT2D eigenvalue weighted by Gasteiger charge is 2.06. The molecule has 3 nitrogen and oxygen atoms in total. The summed E-state index contributed by atoms with van der Waals surface area (Å²) in [4.78, 5) is 0. The first-order chi connectivity index (χ1) is 6.72. The van der Waals surface area contributed by atoms with E-state index in [1.54, 1.807) is 13.2 Å². The van der Waals surface area contributed by atoms with E-state index in [9.17, 15) is 8.76 Å². The van der Waals surface area contributed by atoms with E-state index >= 15 is 0 Å². The van der Waals surface area contributed by atoms with Crippen LogP contribution in [-0.4, -0.2) is 15.9 Å². The first-order valence-corrected chi connectivity index (χ1v) is 5.77. The van der Waals surface area contributed by atoms with E-state index in [0.29, 0.717) is 9.96 Å². The molecule has 0 saturated carbocycles. The van der Waals surface area contributed by atoms with E-state index in [1.807, 2.05) is 18.2 Å². The number of ether oxygens (including phenoxy) is 1. The van der Waals surface area contributed by atoms with Gasteiger partial charge in [-0.05, 0) is 28.6 Å². The smallest absolute Gasteiger partial charge is 0.136 e. The lowest BCUT2D eigenvalue weighted by Gasteiger charge is -1.99. The summed E-state index contributed by atoms with van der Waals surface area (Å²) in [6.45, 7) is 0. The first kappa shape index (κ1) is 9.64. The van der Waals surface area contributed by atoms with Crippen molar-refractivity contribution in [2.75, 3.05) is 7.11 Å². The number of methoxy groups -OCH3 is 1. The van der Waals surface area contributed by atoms with Crippen LogP contribution in [-0.2, 0) is 11.1 Å². The van der Waals surface area contributed by atoms with Crippen molar-refractivity contribution in [3.05, 3.63) is 24.3 Å². The Morgan fingerprint density at radius 2 is 2.29 bits per heavy atom. The van der Waals surface area contributed by atoms with Crippen LogP contribution in [0, 0.1) is 0 Å². The van der Waals surface area contributed by atoms with Crippen LogP contribution in [0.5, 0.6) is 5.75 Å². The fourth-order valence-electron chi connectivity index (χ4n) is 1.26. The SMILES string of the molecule is COc1cccc2cc(S(=O)[O-])sc12. The van der Waals surface area contributed by atoms with Crippen molar-refractivity contribution in [1.29, 1.82) is 0 Å². The lowest BCUT2D eigenvalue weighted by molar-refractivity contribution is 0.420. The quantitative estimate of drug-likeness (QED) is 0.738. The molecule has 1 atom stereocenters. The Labute approximate surface area is 87.6 Å². The normalized spacial score (nSPS) is 13.0. The average molecular weight is 227 g/mol. The molecule has 74 valence electrons. The minimum Gasteiger partial charge on any atom is -0.768 e. The Kier molecular flexibility index (Phi) is 2.54. The molecule has 0 aliphatic rings. The molecule has 0 N–H and O–H groups in total. The summed E-state index contributed by atoms with van der Waals surface area (Å²) >= 11 is -0.940. The highest BCUT2D eigenvalue weighted by atomic mass is 32.2. The molecule has 0 amide bonds. The van der Waals surface area contributed by atoms with Gasteiger partial charge in [-0.25, -0.2) is 0 Å². The number of thiophene rings is 1. The highest BCUT2D eigenvalue weighted by molar-refractivity contribution is 7.82. The van der Waals surface area contributed by atoms with Crippen LogP contribution in [0.15, 0.2) is 28.5 Å². The molecule has 0 fully saturated rings. The standard InChI is InChI=1S/C9H8O3S2/c1-12-7-4-2-3-6-5-8(14(10)11)13-9(6)7/h2-5H,1H3,(H,10,11)/p-1. The van der Waals surface area contributed by atoms with Gasteiger partial charge in [0, 0.05) is 0 Å². The van der Waals surface area contributed by atoms with Crippen LogP contribution in [0.25, 0.3) is 10.1 Å². The van der Waals surface area contributed by atoms with Crippen molar-refractivity contribution in [2.45, 2.75) is 4.21 Å². The second-order valence-corrected chi connectivity index (χ2v) is 4.90. The van der Waals surface area contributed by atoms with Crippen molar-refractivity contribution < 1.29 is 13.5 Å². The van der Waals surface area contributed by atoms with Gasteiger partial charge in [0.2, 0.25) is 0 Å². The van der Waals surface area contributed by atoms with Gasteiger partial charge in [0.05, 0.1) is 16.0 Å². The molecule has 14 heavy (non-hydrogen) atoms. The molecule has 1 aromatic carbocycles. The molecule has 0 radical (unpaired) electrons. The van der Waals surface area contributed by atoms with Gasteiger partial charge in [0.15, 0.2) is 0 Å². The topological polar surface area (TPSA) is 49.4 Å². The summed E-state index contributed by atoms with van der Waals surface area (Å²) in [6, 6.07) is 7.16. The van der Waals surface area contributed by atoms with Crippen molar-refractivity contribution in [3.8, 4) is 5.75 Å². The Morgan fingerprint density at radius 1 is 1.50 bits per heavy atom. The predicted octanol–water partition coefficient (Wildman–Crippen LogP) is 2.15. The first-order valence-electron chi connectivity index (χ1n) is 3.88. The molecule has 5 heteroatoms. The van der Waals surface area contributed by atoms with E-state index in [0.717, 1.165) is 10.1 Å². The number of fused-ring (bicyclic) bond motifs is 1. The zero-order valence-electron chi connectivity index (χ0n) is 7.35. The third-order valence-corrected chi connectivity index (χ3v) is 3.93. The Bertz CT molecular complexity index is 490. The van der Waals surface area contributed by atoms with E-state index in [-0.39, 0.29) is 0 Å². The van der Waals surface area contributed by atoms with Crippen LogP contribution in [0.3, 0.4) is 0 Å². The van der Waals surface area contributed by atoms with Gasteiger partial charge in [0.1, 0.15) is 5.75 Å². The molecule has 0 aliphatic heterocycles. The summed E-state index contributed by atoms with van der Waals surface area (Å²) in [5.41, 5.74) is 0. The van der Waals surface area contributed by atoms with Gasteiger partial charge in [-0.3, -0.25) is 4.21 Å². The van der Waals surface area contributed by atoms with Crippen molar-refractivity contribution in [3.63, 3.8) is 0 Å². The molecule has 2 aromatic rings. The summed E-state index contributed by atoms with van der Waals surface area (Å²) < 4.78 is 27.8. The molecule has 1 unspecified atom stereocenters.